The Morgan fingerprint density at radius 1 is 1.19 bits per heavy atom. The van der Waals surface area contributed by atoms with Gasteiger partial charge in [-0.15, -0.1) is 0 Å². The summed E-state index contributed by atoms with van der Waals surface area (Å²) >= 11 is 7.02. The Bertz CT molecular complexity index is 1960. The minimum atomic E-state index is -0.677. The Labute approximate surface area is 268 Å². The summed E-state index contributed by atoms with van der Waals surface area (Å²) in [5.74, 6) is 0.101. The van der Waals surface area contributed by atoms with Crippen molar-refractivity contribution in [3.05, 3.63) is 127 Å². The zero-order valence-electron chi connectivity index (χ0n) is 23.0. The zero-order chi connectivity index (χ0) is 30.0. The summed E-state index contributed by atoms with van der Waals surface area (Å²) in [5, 5.41) is 9.49. The number of nitriles is 1. The number of thiazole rings is 1. The van der Waals surface area contributed by atoms with Crippen molar-refractivity contribution in [3.8, 4) is 11.8 Å². The number of carbonyl (C=O) groups excluding carboxylic acids is 1. The van der Waals surface area contributed by atoms with E-state index in [0.29, 0.717) is 37.5 Å². The molecule has 1 atom stereocenters. The lowest BCUT2D eigenvalue weighted by molar-refractivity contribution is -0.139. The molecule has 42 heavy (non-hydrogen) atoms. The topological polar surface area (TPSA) is 93.7 Å². The lowest BCUT2D eigenvalue weighted by Gasteiger charge is -2.24. The molecule has 0 unspecified atom stereocenters. The summed E-state index contributed by atoms with van der Waals surface area (Å²) in [4.78, 5) is 32.4. The van der Waals surface area contributed by atoms with Crippen molar-refractivity contribution < 1.29 is 14.3 Å². The van der Waals surface area contributed by atoms with Crippen molar-refractivity contribution in [2.24, 2.45) is 4.99 Å². The first-order valence-corrected chi connectivity index (χ1v) is 15.8. The second-order valence-corrected chi connectivity index (χ2v) is 12.7. The molecule has 212 valence electrons. The fourth-order valence-corrected chi connectivity index (χ4v) is 7.49. The van der Waals surface area contributed by atoms with E-state index in [2.05, 4.69) is 49.6 Å². The van der Waals surface area contributed by atoms with Crippen LogP contribution in [-0.2, 0) is 16.1 Å². The number of nitrogens with zero attached hydrogens (tertiary/aromatic N) is 3. The average molecular weight is 754 g/mol. The first-order chi connectivity index (χ1) is 20.2. The number of hydrogen-bond acceptors (Lipinski definition) is 7. The van der Waals surface area contributed by atoms with Crippen LogP contribution in [0.4, 0.5) is 0 Å². The number of allylic oxidation sites excluding steroid dienone is 1. The maximum absolute atomic E-state index is 14.1. The number of benzene rings is 3. The molecule has 0 aliphatic carbocycles. The molecular formula is C32H25BrIN3O4S. The third-order valence-electron chi connectivity index (χ3n) is 6.74. The van der Waals surface area contributed by atoms with Crippen LogP contribution in [0, 0.1) is 21.8 Å². The van der Waals surface area contributed by atoms with Gasteiger partial charge in [0.25, 0.3) is 5.56 Å². The molecule has 0 radical (unpaired) electrons. The number of ether oxygens (including phenoxy) is 2. The van der Waals surface area contributed by atoms with Crippen LogP contribution in [0.1, 0.15) is 47.7 Å². The molecular weight excluding hydrogens is 729 g/mol. The van der Waals surface area contributed by atoms with Gasteiger partial charge in [0.2, 0.25) is 0 Å². The van der Waals surface area contributed by atoms with Crippen molar-refractivity contribution in [1.29, 1.82) is 5.26 Å². The Kier molecular flexibility index (Phi) is 9.11. The summed E-state index contributed by atoms with van der Waals surface area (Å²) < 4.78 is 15.3. The molecule has 1 aromatic heterocycles. The van der Waals surface area contributed by atoms with Crippen LogP contribution in [0.25, 0.3) is 6.08 Å². The van der Waals surface area contributed by atoms with Crippen LogP contribution in [0.15, 0.2) is 86.2 Å². The van der Waals surface area contributed by atoms with Gasteiger partial charge in [-0.25, -0.2) is 9.79 Å². The number of aryl methyl sites for hydroxylation is 1. The largest absolute Gasteiger partial charge is 0.487 e. The van der Waals surface area contributed by atoms with Crippen molar-refractivity contribution in [1.82, 2.24) is 4.57 Å². The number of halogens is 2. The predicted molar refractivity (Wildman–Crippen MR) is 174 cm³/mol. The molecule has 0 spiro atoms. The molecule has 1 aliphatic rings. The molecule has 0 fully saturated rings. The zero-order valence-corrected chi connectivity index (χ0v) is 27.5. The van der Waals surface area contributed by atoms with Gasteiger partial charge < -0.3 is 9.47 Å². The van der Waals surface area contributed by atoms with Crippen molar-refractivity contribution >= 4 is 61.9 Å². The SMILES string of the molecule is CCOC(=O)C1=C(C)N=c2s/c(=C\c3cc(Br)cc(I)c3OCc3ccccc3C#N)c(=O)n2[C@@H]1c1ccc(C)cc1. The van der Waals surface area contributed by atoms with Gasteiger partial charge in [0, 0.05) is 15.6 Å². The molecule has 1 aliphatic heterocycles. The van der Waals surface area contributed by atoms with E-state index < -0.39 is 12.0 Å². The van der Waals surface area contributed by atoms with Gasteiger partial charge in [-0.1, -0.05) is 75.3 Å². The Morgan fingerprint density at radius 3 is 2.64 bits per heavy atom. The summed E-state index contributed by atoms with van der Waals surface area (Å²) in [5.41, 5.74) is 4.46. The summed E-state index contributed by atoms with van der Waals surface area (Å²) in [6.07, 6.45) is 1.79. The second kappa shape index (κ2) is 12.8. The normalized spacial score (nSPS) is 14.7. The lowest BCUT2D eigenvalue weighted by Crippen LogP contribution is -2.39. The van der Waals surface area contributed by atoms with E-state index in [4.69, 9.17) is 9.47 Å². The van der Waals surface area contributed by atoms with E-state index in [1.165, 1.54) is 11.3 Å². The highest BCUT2D eigenvalue weighted by molar-refractivity contribution is 14.1. The number of esters is 1. The van der Waals surface area contributed by atoms with Crippen LogP contribution in [0.5, 0.6) is 5.75 Å². The number of carbonyl (C=O) groups is 1. The smallest absolute Gasteiger partial charge is 0.338 e. The predicted octanol–water partition coefficient (Wildman–Crippen LogP) is 5.92. The summed E-state index contributed by atoms with van der Waals surface area (Å²) in [6, 6.07) is 20.4. The van der Waals surface area contributed by atoms with Gasteiger partial charge in [0.05, 0.1) is 43.7 Å². The molecule has 0 N–H and O–H groups in total. The second-order valence-electron chi connectivity index (χ2n) is 9.58. The Balaban J connectivity index is 1.65. The molecule has 0 amide bonds. The molecule has 10 heteroatoms. The van der Waals surface area contributed by atoms with Crippen LogP contribution in [-0.4, -0.2) is 17.1 Å². The molecule has 4 aromatic rings. The number of aromatic nitrogens is 1. The maximum atomic E-state index is 14.1. The van der Waals surface area contributed by atoms with E-state index in [1.807, 2.05) is 61.5 Å². The van der Waals surface area contributed by atoms with Gasteiger partial charge in [-0.05, 0) is 73.2 Å². The molecule has 3 aromatic carbocycles. The maximum Gasteiger partial charge on any atom is 0.338 e. The van der Waals surface area contributed by atoms with Crippen molar-refractivity contribution in [3.63, 3.8) is 0 Å². The van der Waals surface area contributed by atoms with Crippen molar-refractivity contribution in [2.45, 2.75) is 33.4 Å². The fourth-order valence-electron chi connectivity index (χ4n) is 4.74. The third kappa shape index (κ3) is 6.00. The number of rotatable bonds is 7. The van der Waals surface area contributed by atoms with Crippen LogP contribution < -0.4 is 19.6 Å². The van der Waals surface area contributed by atoms with E-state index >= 15 is 0 Å². The standard InChI is InChI=1S/C32H25BrIN3O4S/c1-4-40-31(39)27-19(3)36-32-37(28(27)20-11-9-18(2)10-12-20)30(38)26(42-32)14-23-13-24(33)15-25(34)29(23)41-17-22-8-6-5-7-21(22)16-35/h5-15,28H,4,17H2,1-3H3/b26-14-/t28-/m1/s1. The van der Waals surface area contributed by atoms with E-state index in [-0.39, 0.29) is 18.8 Å². The van der Waals surface area contributed by atoms with Gasteiger partial charge in [0.1, 0.15) is 12.4 Å². The number of hydrogen-bond donors (Lipinski definition) is 0. The van der Waals surface area contributed by atoms with Crippen molar-refractivity contribution in [2.75, 3.05) is 6.61 Å². The van der Waals surface area contributed by atoms with Crippen LogP contribution >= 0.6 is 49.9 Å². The first kappa shape index (κ1) is 29.9. The summed E-state index contributed by atoms with van der Waals surface area (Å²) in [6.45, 7) is 5.91. The summed E-state index contributed by atoms with van der Waals surface area (Å²) in [7, 11) is 0. The Morgan fingerprint density at radius 2 is 1.93 bits per heavy atom. The minimum absolute atomic E-state index is 0.193. The minimum Gasteiger partial charge on any atom is -0.487 e. The van der Waals surface area contributed by atoms with Gasteiger partial charge >= 0.3 is 5.97 Å². The third-order valence-corrected chi connectivity index (χ3v) is 8.99. The van der Waals surface area contributed by atoms with Gasteiger partial charge in [0.15, 0.2) is 4.80 Å². The molecule has 0 saturated heterocycles. The van der Waals surface area contributed by atoms with Crippen LogP contribution in [0.2, 0.25) is 0 Å². The molecule has 7 nitrogen and oxygen atoms in total. The molecule has 0 bridgehead atoms. The van der Waals surface area contributed by atoms with Gasteiger partial charge in [-0.2, -0.15) is 5.26 Å². The molecule has 5 rings (SSSR count). The lowest BCUT2D eigenvalue weighted by atomic mass is 9.95. The average Bonchev–Trinajstić information content (AvgIpc) is 3.26. The van der Waals surface area contributed by atoms with E-state index in [9.17, 15) is 14.9 Å². The number of fused-ring (bicyclic) bond motifs is 1. The fraction of sp³-hybridized carbons (Fsp3) is 0.188. The highest BCUT2D eigenvalue weighted by Crippen LogP contribution is 2.33. The highest BCUT2D eigenvalue weighted by Gasteiger charge is 2.33. The molecule has 2 heterocycles. The van der Waals surface area contributed by atoms with E-state index in [1.54, 1.807) is 30.6 Å². The highest BCUT2D eigenvalue weighted by atomic mass is 127. The van der Waals surface area contributed by atoms with Crippen LogP contribution in [0.3, 0.4) is 0 Å². The quantitative estimate of drug-likeness (QED) is 0.173. The van der Waals surface area contributed by atoms with Gasteiger partial charge in [-0.3, -0.25) is 9.36 Å². The molecule has 0 saturated carbocycles. The Hall–Kier alpha value is -3.53. The first-order valence-electron chi connectivity index (χ1n) is 13.1. The van der Waals surface area contributed by atoms with E-state index in [0.717, 1.165) is 24.7 Å². The monoisotopic (exact) mass is 753 g/mol.